The highest BCUT2D eigenvalue weighted by molar-refractivity contribution is 7.98. The molecule has 8 heteroatoms. The first kappa shape index (κ1) is 18.2. The van der Waals surface area contributed by atoms with E-state index in [2.05, 4.69) is 31.7 Å². The molecular formula is C20H20N6OS. The van der Waals surface area contributed by atoms with Crippen molar-refractivity contribution >= 4 is 28.5 Å². The van der Waals surface area contributed by atoms with Crippen LogP contribution in [0.3, 0.4) is 0 Å². The summed E-state index contributed by atoms with van der Waals surface area (Å²) < 4.78 is 7.53. The molecule has 0 unspecified atom stereocenters. The Bertz CT molecular complexity index is 1130. The van der Waals surface area contributed by atoms with Crippen LogP contribution >= 0.6 is 11.8 Å². The summed E-state index contributed by atoms with van der Waals surface area (Å²) in [5.74, 6) is 3.27. The lowest BCUT2D eigenvalue weighted by atomic mass is 10.2. The first-order chi connectivity index (χ1) is 13.7. The molecule has 0 radical (unpaired) electrons. The number of rotatable bonds is 6. The predicted octanol–water partition coefficient (Wildman–Crippen LogP) is 3.79. The van der Waals surface area contributed by atoms with Gasteiger partial charge in [-0.15, -0.1) is 10.2 Å². The van der Waals surface area contributed by atoms with Crippen LogP contribution in [0.2, 0.25) is 0 Å². The minimum absolute atomic E-state index is 0.493. The summed E-state index contributed by atoms with van der Waals surface area (Å²) in [6.45, 7) is 2.81. The molecule has 0 saturated carbocycles. The number of aromatic nitrogens is 5. The van der Waals surface area contributed by atoms with Crippen molar-refractivity contribution in [2.75, 3.05) is 12.8 Å². The molecule has 0 atom stereocenters. The molecule has 0 amide bonds. The fourth-order valence-corrected chi connectivity index (χ4v) is 3.91. The van der Waals surface area contributed by atoms with Crippen molar-refractivity contribution in [3.63, 3.8) is 0 Å². The SMILES string of the molecule is CCn1c(SCc2nc(N)c3ccccc3n2)nnc1-c1ccccc1OC. The second-order valence-electron chi connectivity index (χ2n) is 6.08. The van der Waals surface area contributed by atoms with Gasteiger partial charge in [-0.2, -0.15) is 0 Å². The normalized spacial score (nSPS) is 11.1. The van der Waals surface area contributed by atoms with Crippen molar-refractivity contribution < 1.29 is 4.74 Å². The van der Waals surface area contributed by atoms with E-state index in [0.717, 1.165) is 39.7 Å². The number of hydrogen-bond acceptors (Lipinski definition) is 7. The number of methoxy groups -OCH3 is 1. The number of nitrogens with two attached hydrogens (primary N) is 1. The van der Waals surface area contributed by atoms with E-state index in [-0.39, 0.29) is 0 Å². The Labute approximate surface area is 167 Å². The van der Waals surface area contributed by atoms with Crippen molar-refractivity contribution in [2.45, 2.75) is 24.4 Å². The van der Waals surface area contributed by atoms with E-state index >= 15 is 0 Å². The molecule has 0 bridgehead atoms. The first-order valence-corrected chi connectivity index (χ1v) is 9.90. The zero-order chi connectivity index (χ0) is 19.5. The molecule has 0 saturated heterocycles. The summed E-state index contributed by atoms with van der Waals surface area (Å²) in [6.07, 6.45) is 0. The molecule has 2 heterocycles. The highest BCUT2D eigenvalue weighted by Crippen LogP contribution is 2.31. The summed E-state index contributed by atoms with van der Waals surface area (Å²) in [4.78, 5) is 9.04. The molecular weight excluding hydrogens is 372 g/mol. The van der Waals surface area contributed by atoms with Gasteiger partial charge >= 0.3 is 0 Å². The van der Waals surface area contributed by atoms with Crippen molar-refractivity contribution in [1.29, 1.82) is 0 Å². The van der Waals surface area contributed by atoms with Crippen molar-refractivity contribution in [3.8, 4) is 17.1 Å². The van der Waals surface area contributed by atoms with Gasteiger partial charge in [-0.1, -0.05) is 36.0 Å². The maximum absolute atomic E-state index is 6.09. The van der Waals surface area contributed by atoms with Gasteiger partial charge in [0.05, 0.1) is 23.9 Å². The molecule has 0 fully saturated rings. The maximum Gasteiger partial charge on any atom is 0.191 e. The van der Waals surface area contributed by atoms with Crippen molar-refractivity contribution in [2.24, 2.45) is 0 Å². The van der Waals surface area contributed by atoms with Crippen molar-refractivity contribution in [3.05, 3.63) is 54.4 Å². The zero-order valence-electron chi connectivity index (χ0n) is 15.7. The average molecular weight is 392 g/mol. The van der Waals surface area contributed by atoms with E-state index in [9.17, 15) is 0 Å². The van der Waals surface area contributed by atoms with E-state index < -0.39 is 0 Å². The molecule has 142 valence electrons. The topological polar surface area (TPSA) is 91.7 Å². The highest BCUT2D eigenvalue weighted by atomic mass is 32.2. The van der Waals surface area contributed by atoms with E-state index in [1.54, 1.807) is 7.11 Å². The highest BCUT2D eigenvalue weighted by Gasteiger charge is 2.17. The van der Waals surface area contributed by atoms with Crippen LogP contribution in [0.25, 0.3) is 22.3 Å². The second kappa shape index (κ2) is 7.85. The first-order valence-electron chi connectivity index (χ1n) is 8.91. The summed E-state index contributed by atoms with van der Waals surface area (Å²) in [5, 5.41) is 10.4. The number of anilines is 1. The Morgan fingerprint density at radius 1 is 1.04 bits per heavy atom. The van der Waals surface area contributed by atoms with Gasteiger partial charge in [0.15, 0.2) is 11.0 Å². The minimum Gasteiger partial charge on any atom is -0.496 e. The Balaban J connectivity index is 1.62. The van der Waals surface area contributed by atoms with Gasteiger partial charge < -0.3 is 15.0 Å². The lowest BCUT2D eigenvalue weighted by Gasteiger charge is -2.10. The Morgan fingerprint density at radius 2 is 1.82 bits per heavy atom. The number of fused-ring (bicyclic) bond motifs is 1. The van der Waals surface area contributed by atoms with Gasteiger partial charge in [-0.25, -0.2) is 9.97 Å². The van der Waals surface area contributed by atoms with Crippen molar-refractivity contribution in [1.82, 2.24) is 24.7 Å². The molecule has 0 aliphatic carbocycles. The third-order valence-electron chi connectivity index (χ3n) is 4.39. The van der Waals surface area contributed by atoms with Crippen LogP contribution in [0.5, 0.6) is 5.75 Å². The van der Waals surface area contributed by atoms with Gasteiger partial charge in [-0.05, 0) is 31.2 Å². The number of nitrogen functional groups attached to an aromatic ring is 1. The largest absolute Gasteiger partial charge is 0.496 e. The van der Waals surface area contributed by atoms with Crippen LogP contribution in [0.1, 0.15) is 12.7 Å². The fraction of sp³-hybridized carbons (Fsp3) is 0.200. The number of nitrogens with zero attached hydrogens (tertiary/aromatic N) is 5. The Morgan fingerprint density at radius 3 is 2.64 bits per heavy atom. The summed E-state index contributed by atoms with van der Waals surface area (Å²) in [7, 11) is 1.66. The summed E-state index contributed by atoms with van der Waals surface area (Å²) in [6, 6.07) is 15.5. The van der Waals surface area contributed by atoms with Crippen LogP contribution in [0.15, 0.2) is 53.7 Å². The van der Waals surface area contributed by atoms with Gasteiger partial charge in [0.1, 0.15) is 17.4 Å². The smallest absolute Gasteiger partial charge is 0.191 e. The van der Waals surface area contributed by atoms with Crippen LogP contribution < -0.4 is 10.5 Å². The van der Waals surface area contributed by atoms with Gasteiger partial charge in [0.25, 0.3) is 0 Å². The lowest BCUT2D eigenvalue weighted by molar-refractivity contribution is 0.416. The minimum atomic E-state index is 0.493. The van der Waals surface area contributed by atoms with Crippen LogP contribution in [-0.2, 0) is 12.3 Å². The van der Waals surface area contributed by atoms with Crippen LogP contribution in [0, 0.1) is 0 Å². The monoisotopic (exact) mass is 392 g/mol. The number of hydrogen-bond donors (Lipinski definition) is 1. The van der Waals surface area contributed by atoms with E-state index in [4.69, 9.17) is 10.5 Å². The molecule has 0 aliphatic heterocycles. The standard InChI is InChI=1S/C20H20N6OS/c1-3-26-19(14-9-5-7-11-16(14)27-2)24-25-20(26)28-12-17-22-15-10-6-4-8-13(15)18(21)23-17/h4-11H,3,12H2,1-2H3,(H2,21,22,23). The summed E-state index contributed by atoms with van der Waals surface area (Å²) >= 11 is 1.54. The molecule has 0 spiro atoms. The number of ether oxygens (including phenoxy) is 1. The lowest BCUT2D eigenvalue weighted by Crippen LogP contribution is -2.03. The van der Waals surface area contributed by atoms with Crippen LogP contribution in [-0.4, -0.2) is 31.8 Å². The number of benzene rings is 2. The third-order valence-corrected chi connectivity index (χ3v) is 5.35. The van der Waals surface area contributed by atoms with Gasteiger partial charge in [0, 0.05) is 11.9 Å². The molecule has 0 aliphatic rings. The van der Waals surface area contributed by atoms with E-state index in [0.29, 0.717) is 17.4 Å². The fourth-order valence-electron chi connectivity index (χ4n) is 3.05. The summed E-state index contributed by atoms with van der Waals surface area (Å²) in [5.41, 5.74) is 7.85. The maximum atomic E-state index is 6.09. The van der Waals surface area contributed by atoms with Gasteiger partial charge in [-0.3, -0.25) is 0 Å². The molecule has 4 rings (SSSR count). The molecule has 4 aromatic rings. The average Bonchev–Trinajstić information content (AvgIpc) is 3.15. The number of para-hydroxylation sites is 2. The third kappa shape index (κ3) is 3.38. The van der Waals surface area contributed by atoms with Gasteiger partial charge in [0.2, 0.25) is 0 Å². The van der Waals surface area contributed by atoms with Crippen LogP contribution in [0.4, 0.5) is 5.82 Å². The predicted molar refractivity (Wildman–Crippen MR) is 111 cm³/mol. The zero-order valence-corrected chi connectivity index (χ0v) is 16.5. The quantitative estimate of drug-likeness (QED) is 0.499. The molecule has 2 aromatic carbocycles. The Hall–Kier alpha value is -3.13. The molecule has 7 nitrogen and oxygen atoms in total. The molecule has 28 heavy (non-hydrogen) atoms. The second-order valence-corrected chi connectivity index (χ2v) is 7.02. The Kier molecular flexibility index (Phi) is 5.12. The molecule has 2 N–H and O–H groups in total. The van der Waals surface area contributed by atoms with E-state index in [1.165, 1.54) is 11.8 Å². The van der Waals surface area contributed by atoms with E-state index in [1.807, 2.05) is 48.5 Å². The number of thioether (sulfide) groups is 1. The molecule has 2 aromatic heterocycles.